The van der Waals surface area contributed by atoms with Crippen LogP contribution in [0.3, 0.4) is 0 Å². The second kappa shape index (κ2) is 9.07. The first-order valence-corrected chi connectivity index (χ1v) is 12.1. The van der Waals surface area contributed by atoms with E-state index in [-0.39, 0.29) is 17.2 Å². The fourth-order valence-electron chi connectivity index (χ4n) is 3.56. The van der Waals surface area contributed by atoms with E-state index in [4.69, 9.17) is 0 Å². The first-order chi connectivity index (χ1) is 15.3. The van der Waals surface area contributed by atoms with Crippen molar-refractivity contribution in [2.45, 2.75) is 30.4 Å². The fraction of sp³-hybridized carbons (Fsp3) is 0.364. The number of piperazine rings is 1. The highest BCUT2D eigenvalue weighted by molar-refractivity contribution is 7.92. The molecule has 168 valence electrons. The molecule has 10 heteroatoms. The summed E-state index contributed by atoms with van der Waals surface area (Å²) in [4.78, 5) is 21.0. The van der Waals surface area contributed by atoms with Gasteiger partial charge in [-0.15, -0.1) is 10.2 Å². The first kappa shape index (κ1) is 21.9. The summed E-state index contributed by atoms with van der Waals surface area (Å²) in [5.41, 5.74) is 0.807. The Bertz CT molecular complexity index is 1150. The lowest BCUT2D eigenvalue weighted by Crippen LogP contribution is -2.49. The Morgan fingerprint density at radius 2 is 1.62 bits per heavy atom. The van der Waals surface area contributed by atoms with E-state index in [1.54, 1.807) is 55.2 Å². The van der Waals surface area contributed by atoms with E-state index >= 15 is 0 Å². The number of hydrogen-bond donors (Lipinski definition) is 0. The minimum absolute atomic E-state index is 0.0330. The Hall–Kier alpha value is -3.27. The summed E-state index contributed by atoms with van der Waals surface area (Å²) < 4.78 is 26.3. The number of sulfone groups is 1. The molecule has 32 heavy (non-hydrogen) atoms. The van der Waals surface area contributed by atoms with Gasteiger partial charge in [-0.2, -0.15) is 0 Å². The van der Waals surface area contributed by atoms with E-state index in [9.17, 15) is 13.2 Å². The zero-order valence-corrected chi connectivity index (χ0v) is 18.9. The Kier molecular flexibility index (Phi) is 6.22. The van der Waals surface area contributed by atoms with Crippen LogP contribution in [0.5, 0.6) is 0 Å². The van der Waals surface area contributed by atoms with Gasteiger partial charge in [-0.3, -0.25) is 9.36 Å². The lowest BCUT2D eigenvalue weighted by atomic mass is 10.1. The molecule has 1 aliphatic heterocycles. The molecule has 0 unspecified atom stereocenters. The zero-order valence-electron chi connectivity index (χ0n) is 18.1. The van der Waals surface area contributed by atoms with Gasteiger partial charge in [0.25, 0.3) is 0 Å². The van der Waals surface area contributed by atoms with Crippen LogP contribution in [0.4, 0.5) is 5.82 Å². The third kappa shape index (κ3) is 4.64. The van der Waals surface area contributed by atoms with Crippen molar-refractivity contribution in [3.8, 4) is 5.82 Å². The van der Waals surface area contributed by atoms with Gasteiger partial charge in [-0.05, 0) is 43.7 Å². The van der Waals surface area contributed by atoms with Crippen LogP contribution in [0, 0.1) is 0 Å². The van der Waals surface area contributed by atoms with Gasteiger partial charge in [0.15, 0.2) is 21.5 Å². The molecule has 3 aromatic rings. The average Bonchev–Trinajstić information content (AvgIpc) is 3.35. The third-order valence-corrected chi connectivity index (χ3v) is 7.76. The summed E-state index contributed by atoms with van der Waals surface area (Å²) in [7, 11) is -3.31. The van der Waals surface area contributed by atoms with Gasteiger partial charge in [0.1, 0.15) is 6.33 Å². The van der Waals surface area contributed by atoms with E-state index in [1.165, 1.54) is 0 Å². The van der Waals surface area contributed by atoms with Crippen LogP contribution in [-0.2, 0) is 21.1 Å². The number of nitrogens with zero attached hydrogens (tertiary/aromatic N) is 6. The topological polar surface area (TPSA) is 101 Å². The summed E-state index contributed by atoms with van der Waals surface area (Å²) >= 11 is 0. The Morgan fingerprint density at radius 3 is 2.19 bits per heavy atom. The summed E-state index contributed by atoms with van der Waals surface area (Å²) in [6.45, 7) is 5.87. The minimum atomic E-state index is -3.31. The van der Waals surface area contributed by atoms with Crippen molar-refractivity contribution >= 4 is 21.6 Å². The predicted molar refractivity (Wildman–Crippen MR) is 120 cm³/mol. The molecule has 0 atom stereocenters. The van der Waals surface area contributed by atoms with Crippen molar-refractivity contribution in [2.24, 2.45) is 0 Å². The molecular formula is C22H26N6O3S. The maximum absolute atomic E-state index is 12.7. The van der Waals surface area contributed by atoms with Crippen LogP contribution in [0.1, 0.15) is 19.4 Å². The number of aromatic nitrogens is 4. The number of anilines is 1. The molecule has 0 N–H and O–H groups in total. The van der Waals surface area contributed by atoms with Gasteiger partial charge in [-0.25, -0.2) is 13.4 Å². The molecule has 1 amide bonds. The number of imidazole rings is 1. The second-order valence-corrected chi connectivity index (χ2v) is 10.5. The largest absolute Gasteiger partial charge is 0.352 e. The minimum Gasteiger partial charge on any atom is -0.352 e. The Balaban J connectivity index is 1.32. The number of carbonyl (C=O) groups excluding carboxylic acids is 1. The van der Waals surface area contributed by atoms with Gasteiger partial charge in [0.05, 0.1) is 16.6 Å². The summed E-state index contributed by atoms with van der Waals surface area (Å²) in [5, 5.41) is 8.09. The van der Waals surface area contributed by atoms with Crippen LogP contribution >= 0.6 is 0 Å². The van der Waals surface area contributed by atoms with Crippen molar-refractivity contribution in [3.63, 3.8) is 0 Å². The van der Waals surface area contributed by atoms with Crippen LogP contribution in [0.25, 0.3) is 5.82 Å². The van der Waals surface area contributed by atoms with Crippen molar-refractivity contribution in [2.75, 3.05) is 31.1 Å². The molecule has 4 rings (SSSR count). The molecule has 1 aliphatic rings. The molecule has 1 saturated heterocycles. The molecule has 1 aromatic carbocycles. The van der Waals surface area contributed by atoms with Gasteiger partial charge in [0.2, 0.25) is 5.91 Å². The van der Waals surface area contributed by atoms with Crippen LogP contribution in [0.15, 0.2) is 60.0 Å². The van der Waals surface area contributed by atoms with Gasteiger partial charge >= 0.3 is 0 Å². The number of benzene rings is 1. The summed E-state index contributed by atoms with van der Waals surface area (Å²) in [6, 6.07) is 10.4. The van der Waals surface area contributed by atoms with Gasteiger partial charge in [-0.1, -0.05) is 12.1 Å². The number of rotatable bonds is 6. The van der Waals surface area contributed by atoms with Crippen LogP contribution in [0.2, 0.25) is 0 Å². The molecule has 0 saturated carbocycles. The smallest absolute Gasteiger partial charge is 0.227 e. The average molecular weight is 455 g/mol. The maximum atomic E-state index is 12.7. The third-order valence-electron chi connectivity index (χ3n) is 5.59. The number of hydrogen-bond acceptors (Lipinski definition) is 7. The molecule has 2 aromatic heterocycles. The number of carbonyl (C=O) groups is 1. The van der Waals surface area contributed by atoms with Gasteiger partial charge < -0.3 is 9.80 Å². The normalized spacial score (nSPS) is 14.7. The Morgan fingerprint density at radius 1 is 0.969 bits per heavy atom. The van der Waals surface area contributed by atoms with Crippen molar-refractivity contribution in [3.05, 3.63) is 60.7 Å². The van der Waals surface area contributed by atoms with Crippen LogP contribution in [-0.4, -0.2) is 70.4 Å². The molecular weight excluding hydrogens is 428 g/mol. The zero-order chi connectivity index (χ0) is 22.7. The molecule has 3 heterocycles. The standard InChI is InChI=1S/C22H26N6O3S/c1-17(2)32(30,31)19-5-3-18(4-6-19)15-22(29)27-13-11-26(12-14-27)20-7-8-21(25-24-20)28-10-9-23-16-28/h3-10,16-17H,11-15H2,1-2H3. The van der Waals surface area contributed by atoms with E-state index in [1.807, 2.05) is 23.2 Å². The highest BCUT2D eigenvalue weighted by Crippen LogP contribution is 2.18. The molecule has 0 aliphatic carbocycles. The van der Waals surface area contributed by atoms with E-state index < -0.39 is 15.1 Å². The molecule has 0 spiro atoms. The predicted octanol–water partition coefficient (Wildman–Crippen LogP) is 1.74. The highest BCUT2D eigenvalue weighted by Gasteiger charge is 2.23. The quantitative estimate of drug-likeness (QED) is 0.559. The monoisotopic (exact) mass is 454 g/mol. The first-order valence-electron chi connectivity index (χ1n) is 10.5. The van der Waals surface area contributed by atoms with Crippen molar-refractivity contribution < 1.29 is 13.2 Å². The summed E-state index contributed by atoms with van der Waals surface area (Å²) in [6.07, 6.45) is 5.42. The SMILES string of the molecule is CC(C)S(=O)(=O)c1ccc(CC(=O)N2CCN(c3ccc(-n4ccnc4)nn3)CC2)cc1. The lowest BCUT2D eigenvalue weighted by molar-refractivity contribution is -0.130. The molecule has 0 bridgehead atoms. The van der Waals surface area contributed by atoms with E-state index in [0.29, 0.717) is 32.0 Å². The fourth-order valence-corrected chi connectivity index (χ4v) is 4.62. The second-order valence-electron chi connectivity index (χ2n) is 8.00. The number of amides is 1. The lowest BCUT2D eigenvalue weighted by Gasteiger charge is -2.35. The van der Waals surface area contributed by atoms with E-state index in [0.717, 1.165) is 11.4 Å². The van der Waals surface area contributed by atoms with Gasteiger partial charge in [0, 0.05) is 38.6 Å². The maximum Gasteiger partial charge on any atom is 0.227 e. The molecule has 9 nitrogen and oxygen atoms in total. The van der Waals surface area contributed by atoms with E-state index in [2.05, 4.69) is 20.1 Å². The molecule has 1 fully saturated rings. The van der Waals surface area contributed by atoms with Crippen molar-refractivity contribution in [1.29, 1.82) is 0 Å². The Labute approximate surface area is 187 Å². The van der Waals surface area contributed by atoms with Crippen LogP contribution < -0.4 is 4.90 Å². The molecule has 0 radical (unpaired) electrons. The van der Waals surface area contributed by atoms with Crippen molar-refractivity contribution in [1.82, 2.24) is 24.6 Å². The summed E-state index contributed by atoms with van der Waals surface area (Å²) in [5.74, 6) is 1.51. The highest BCUT2D eigenvalue weighted by atomic mass is 32.2.